The van der Waals surface area contributed by atoms with Gasteiger partial charge in [-0.2, -0.15) is 0 Å². The molecule has 0 aliphatic carbocycles. The number of nitrogens with one attached hydrogen (secondary N) is 1. The van der Waals surface area contributed by atoms with Crippen LogP contribution in [0.25, 0.3) is 20.7 Å². The van der Waals surface area contributed by atoms with Crippen LogP contribution in [0.5, 0.6) is 0 Å². The minimum Gasteiger partial charge on any atom is -0.462 e. The van der Waals surface area contributed by atoms with Crippen LogP contribution in [-0.2, 0) is 17.8 Å². The summed E-state index contributed by atoms with van der Waals surface area (Å²) in [6, 6.07) is 23.2. The van der Waals surface area contributed by atoms with Gasteiger partial charge in [-0.1, -0.05) is 66.7 Å². The average molecular weight is 559 g/mol. The number of carbonyl (C=O) groups excluding carboxylic acids is 1. The molecule has 3 aromatic carbocycles. The average Bonchev–Trinajstić information content (AvgIpc) is 3.36. The van der Waals surface area contributed by atoms with Crippen molar-refractivity contribution < 1.29 is 18.3 Å². The molecule has 0 bridgehead atoms. The Labute approximate surface area is 234 Å². The van der Waals surface area contributed by atoms with Gasteiger partial charge in [0.15, 0.2) is 0 Å². The second-order valence-electron chi connectivity index (χ2n) is 9.39. The number of benzene rings is 3. The molecule has 5 nitrogen and oxygen atoms in total. The van der Waals surface area contributed by atoms with Gasteiger partial charge in [0.1, 0.15) is 22.0 Å². The normalized spacial score (nSPS) is 12.0. The van der Waals surface area contributed by atoms with Crippen LogP contribution in [-0.4, -0.2) is 17.1 Å². The lowest BCUT2D eigenvalue weighted by Gasteiger charge is -2.15. The van der Waals surface area contributed by atoms with Gasteiger partial charge in [-0.25, -0.2) is 13.6 Å². The van der Waals surface area contributed by atoms with Gasteiger partial charge in [0.25, 0.3) is 0 Å². The van der Waals surface area contributed by atoms with Crippen molar-refractivity contribution in [3.8, 4) is 10.4 Å². The molecule has 0 radical (unpaired) electrons. The van der Waals surface area contributed by atoms with E-state index in [1.807, 2.05) is 67.6 Å². The first-order valence-electron chi connectivity index (χ1n) is 13.0. The highest BCUT2D eigenvalue weighted by Gasteiger charge is 2.25. The quantitative estimate of drug-likeness (QED) is 0.196. The third-order valence-corrected chi connectivity index (χ3v) is 8.13. The second-order valence-corrected chi connectivity index (χ2v) is 10.4. The van der Waals surface area contributed by atoms with E-state index in [-0.39, 0.29) is 30.3 Å². The van der Waals surface area contributed by atoms with Crippen molar-refractivity contribution in [3.63, 3.8) is 0 Å². The molecule has 1 unspecified atom stereocenters. The van der Waals surface area contributed by atoms with Crippen molar-refractivity contribution >= 4 is 27.5 Å². The zero-order valence-electron chi connectivity index (χ0n) is 22.1. The van der Waals surface area contributed by atoms with Gasteiger partial charge in [0.2, 0.25) is 5.43 Å². The van der Waals surface area contributed by atoms with Crippen molar-refractivity contribution in [3.05, 3.63) is 129 Å². The smallest absolute Gasteiger partial charge is 0.343 e. The Morgan fingerprint density at radius 3 is 2.25 bits per heavy atom. The number of nitrogens with zero attached hydrogens (tertiary/aromatic N) is 1. The number of thiophene rings is 1. The van der Waals surface area contributed by atoms with Gasteiger partial charge in [0, 0.05) is 29.2 Å². The lowest BCUT2D eigenvalue weighted by atomic mass is 10.0. The van der Waals surface area contributed by atoms with Crippen molar-refractivity contribution in [2.75, 3.05) is 6.61 Å². The third kappa shape index (κ3) is 5.46. The van der Waals surface area contributed by atoms with Crippen LogP contribution < -0.4 is 10.7 Å². The van der Waals surface area contributed by atoms with Crippen molar-refractivity contribution in [1.29, 1.82) is 0 Å². The second kappa shape index (κ2) is 11.9. The minimum atomic E-state index is -0.777. The summed E-state index contributed by atoms with van der Waals surface area (Å²) in [7, 11) is 0. The van der Waals surface area contributed by atoms with Crippen LogP contribution in [0.3, 0.4) is 0 Å². The number of esters is 1. The van der Waals surface area contributed by atoms with E-state index >= 15 is 0 Å². The van der Waals surface area contributed by atoms with Gasteiger partial charge < -0.3 is 14.6 Å². The Kier molecular flexibility index (Phi) is 8.19. The molecule has 204 valence electrons. The van der Waals surface area contributed by atoms with E-state index in [0.29, 0.717) is 22.3 Å². The fraction of sp³-hybridized carbons (Fsp3) is 0.188. The fourth-order valence-corrected chi connectivity index (χ4v) is 6.02. The number of hydrogen-bond donors (Lipinski definition) is 1. The highest BCUT2D eigenvalue weighted by molar-refractivity contribution is 7.22. The summed E-state index contributed by atoms with van der Waals surface area (Å²) in [6.07, 6.45) is 1.35. The number of ether oxygens (including phenoxy) is 1. The number of aromatic nitrogens is 1. The van der Waals surface area contributed by atoms with E-state index < -0.39 is 23.0 Å². The van der Waals surface area contributed by atoms with Crippen LogP contribution in [0.15, 0.2) is 89.9 Å². The van der Waals surface area contributed by atoms with Crippen molar-refractivity contribution in [2.24, 2.45) is 0 Å². The number of hydrogen-bond acceptors (Lipinski definition) is 5. The molecule has 5 aromatic rings. The fourth-order valence-electron chi connectivity index (χ4n) is 4.73. The molecule has 0 aliphatic heterocycles. The van der Waals surface area contributed by atoms with Crippen molar-refractivity contribution in [1.82, 2.24) is 9.88 Å². The summed E-state index contributed by atoms with van der Waals surface area (Å²) >= 11 is 1.36. The lowest BCUT2D eigenvalue weighted by molar-refractivity contribution is 0.0524. The van der Waals surface area contributed by atoms with Gasteiger partial charge >= 0.3 is 5.97 Å². The lowest BCUT2D eigenvalue weighted by Crippen LogP contribution is -2.23. The van der Waals surface area contributed by atoms with Crippen LogP contribution >= 0.6 is 11.3 Å². The molecular weight excluding hydrogens is 530 g/mol. The molecule has 40 heavy (non-hydrogen) atoms. The summed E-state index contributed by atoms with van der Waals surface area (Å²) < 4.78 is 36.2. The Hall–Kier alpha value is -4.14. The van der Waals surface area contributed by atoms with E-state index in [1.165, 1.54) is 35.7 Å². The van der Waals surface area contributed by atoms with Gasteiger partial charge in [-0.3, -0.25) is 4.79 Å². The van der Waals surface area contributed by atoms with Gasteiger partial charge in [-0.15, -0.1) is 11.3 Å². The summed E-state index contributed by atoms with van der Waals surface area (Å²) in [4.78, 5) is 28.1. The molecular formula is C32H28F2N2O3S. The van der Waals surface area contributed by atoms with Crippen LogP contribution in [0.1, 0.15) is 46.9 Å². The maximum Gasteiger partial charge on any atom is 0.343 e. The van der Waals surface area contributed by atoms with Crippen LogP contribution in [0.2, 0.25) is 0 Å². The maximum atomic E-state index is 14.7. The minimum absolute atomic E-state index is 0.0252. The zero-order chi connectivity index (χ0) is 28.2. The summed E-state index contributed by atoms with van der Waals surface area (Å²) in [6.45, 7) is 3.90. The topological polar surface area (TPSA) is 60.3 Å². The number of halogens is 2. The van der Waals surface area contributed by atoms with E-state index in [0.717, 1.165) is 16.0 Å². The molecule has 2 aromatic heterocycles. The first-order chi connectivity index (χ1) is 19.4. The molecule has 0 aliphatic rings. The van der Waals surface area contributed by atoms with E-state index in [1.54, 1.807) is 11.5 Å². The largest absolute Gasteiger partial charge is 0.462 e. The van der Waals surface area contributed by atoms with E-state index in [9.17, 15) is 18.4 Å². The van der Waals surface area contributed by atoms with Crippen LogP contribution in [0.4, 0.5) is 8.78 Å². The first-order valence-corrected chi connectivity index (χ1v) is 13.8. The molecule has 2 heterocycles. The SMILES string of the molecule is CCOC(=O)c1cn(Cc2c(F)cccc2F)c2sc(-c3ccccc3)c(CNC(C)c3ccccc3)c2c1=O. The number of pyridine rings is 1. The number of rotatable bonds is 9. The number of carbonyl (C=O) groups is 1. The van der Waals surface area contributed by atoms with Crippen molar-refractivity contribution in [2.45, 2.75) is 33.0 Å². The highest BCUT2D eigenvalue weighted by atomic mass is 32.1. The van der Waals surface area contributed by atoms with E-state index in [4.69, 9.17) is 4.74 Å². The summed E-state index contributed by atoms with van der Waals surface area (Å²) in [5.41, 5.74) is 1.89. The predicted molar refractivity (Wildman–Crippen MR) is 155 cm³/mol. The molecule has 0 amide bonds. The summed E-state index contributed by atoms with van der Waals surface area (Å²) in [5, 5.41) is 3.85. The van der Waals surface area contributed by atoms with Gasteiger partial charge in [0.05, 0.1) is 18.5 Å². The molecule has 1 atom stereocenters. The molecule has 0 spiro atoms. The Morgan fingerprint density at radius 2 is 1.60 bits per heavy atom. The maximum absolute atomic E-state index is 14.7. The molecule has 0 saturated heterocycles. The third-order valence-electron chi connectivity index (χ3n) is 6.81. The zero-order valence-corrected chi connectivity index (χ0v) is 22.9. The highest BCUT2D eigenvalue weighted by Crippen LogP contribution is 2.38. The standard InChI is InChI=1S/C32H28F2N2O3S/c1-3-39-32(38)25-19-36(18-24-26(33)15-10-16-27(24)34)31-28(29(25)37)23(30(40-31)22-13-8-5-9-14-22)17-35-20(2)21-11-6-4-7-12-21/h4-16,19-20,35H,3,17-18H2,1-2H3. The Morgan fingerprint density at radius 1 is 0.950 bits per heavy atom. The van der Waals surface area contributed by atoms with Gasteiger partial charge in [-0.05, 0) is 42.7 Å². The Bertz CT molecular complexity index is 1700. The molecule has 0 saturated carbocycles. The summed E-state index contributed by atoms with van der Waals surface area (Å²) in [5.74, 6) is -2.19. The first kappa shape index (κ1) is 27.4. The van der Waals surface area contributed by atoms with E-state index in [2.05, 4.69) is 5.32 Å². The molecule has 5 rings (SSSR count). The molecule has 0 fully saturated rings. The Balaban J connectivity index is 1.72. The molecule has 8 heteroatoms. The van der Waals surface area contributed by atoms with Crippen LogP contribution in [0, 0.1) is 11.6 Å². The monoisotopic (exact) mass is 558 g/mol. The number of fused-ring (bicyclic) bond motifs is 1. The molecule has 1 N–H and O–H groups in total. The predicted octanol–water partition coefficient (Wildman–Crippen LogP) is 7.08.